The van der Waals surface area contributed by atoms with Gasteiger partial charge in [0, 0.05) is 36.1 Å². The van der Waals surface area contributed by atoms with Crippen molar-refractivity contribution in [3.8, 4) is 0 Å². The lowest BCUT2D eigenvalue weighted by Gasteiger charge is -2.30. The van der Waals surface area contributed by atoms with Crippen LogP contribution >= 0.6 is 23.2 Å². The molecule has 0 heterocycles. The van der Waals surface area contributed by atoms with Crippen molar-refractivity contribution in [2.45, 2.75) is 66.0 Å². The third kappa shape index (κ3) is 8.90. The number of sulfonamides is 1. The smallest absolute Gasteiger partial charge is 0.242 e. The fraction of sp³-hybridized carbons (Fsp3) is 0.481. The van der Waals surface area contributed by atoms with Crippen molar-refractivity contribution in [1.29, 1.82) is 0 Å². The zero-order valence-corrected chi connectivity index (χ0v) is 24.5. The van der Waals surface area contributed by atoms with Crippen LogP contribution in [-0.2, 0) is 26.2 Å². The lowest BCUT2D eigenvalue weighted by molar-refractivity contribution is -0.140. The molecule has 1 N–H and O–H groups in total. The van der Waals surface area contributed by atoms with Gasteiger partial charge in [-0.15, -0.1) is 0 Å². The van der Waals surface area contributed by atoms with Gasteiger partial charge in [0.2, 0.25) is 21.8 Å². The average Bonchev–Trinajstić information content (AvgIpc) is 2.82. The van der Waals surface area contributed by atoms with E-state index in [4.69, 9.17) is 23.2 Å². The fourth-order valence-corrected chi connectivity index (χ4v) is 5.42. The number of carbonyl (C=O) groups excluding carboxylic acids is 2. The maximum Gasteiger partial charge on any atom is 0.242 e. The number of nitrogens with one attached hydrogen (secondary N) is 1. The Balaban J connectivity index is 2.22. The number of aryl methyl sites for hydroxylation is 1. The average molecular weight is 571 g/mol. The molecule has 7 nitrogen and oxygen atoms in total. The Morgan fingerprint density at radius 1 is 1.08 bits per heavy atom. The lowest BCUT2D eigenvalue weighted by Crippen LogP contribution is -2.48. The molecule has 0 aliphatic carbocycles. The molecule has 0 aliphatic heterocycles. The molecule has 0 aromatic heterocycles. The molecule has 0 spiro atoms. The van der Waals surface area contributed by atoms with E-state index in [9.17, 15) is 18.0 Å². The number of anilines is 1. The van der Waals surface area contributed by atoms with Gasteiger partial charge in [0.05, 0.1) is 11.9 Å². The van der Waals surface area contributed by atoms with Crippen molar-refractivity contribution in [3.63, 3.8) is 0 Å². The van der Waals surface area contributed by atoms with Gasteiger partial charge in [0.25, 0.3) is 0 Å². The van der Waals surface area contributed by atoms with Crippen molar-refractivity contribution in [3.05, 3.63) is 63.1 Å². The molecule has 0 fully saturated rings. The van der Waals surface area contributed by atoms with E-state index < -0.39 is 16.1 Å². The summed E-state index contributed by atoms with van der Waals surface area (Å²) < 4.78 is 26.5. The number of benzene rings is 2. The first kappa shape index (κ1) is 30.9. The highest BCUT2D eigenvalue weighted by atomic mass is 35.5. The molecule has 1 atom stereocenters. The lowest BCUT2D eigenvalue weighted by atomic mass is 10.1. The summed E-state index contributed by atoms with van der Waals surface area (Å²) in [6, 6.07) is 9.79. The molecule has 0 saturated carbocycles. The first-order valence-electron chi connectivity index (χ1n) is 12.4. The van der Waals surface area contributed by atoms with Gasteiger partial charge in [-0.05, 0) is 68.5 Å². The van der Waals surface area contributed by atoms with Gasteiger partial charge in [-0.2, -0.15) is 0 Å². The quantitative estimate of drug-likeness (QED) is 0.323. The second-order valence-electron chi connectivity index (χ2n) is 9.24. The van der Waals surface area contributed by atoms with Crippen molar-refractivity contribution < 1.29 is 18.0 Å². The summed E-state index contributed by atoms with van der Waals surface area (Å²) in [7, 11) is -3.56. The van der Waals surface area contributed by atoms with E-state index in [1.54, 1.807) is 31.2 Å². The molecule has 0 aliphatic rings. The summed E-state index contributed by atoms with van der Waals surface area (Å²) in [5.74, 6) is -0.515. The Morgan fingerprint density at radius 3 is 2.41 bits per heavy atom. The Kier molecular flexibility index (Phi) is 11.7. The molecule has 0 bridgehead atoms. The van der Waals surface area contributed by atoms with Crippen molar-refractivity contribution in [2.24, 2.45) is 0 Å². The minimum Gasteiger partial charge on any atom is -0.354 e. The van der Waals surface area contributed by atoms with E-state index in [-0.39, 0.29) is 37.7 Å². The van der Waals surface area contributed by atoms with Crippen LogP contribution in [-0.4, -0.2) is 50.5 Å². The molecule has 2 aromatic carbocycles. The fourth-order valence-electron chi connectivity index (χ4n) is 3.94. The number of carbonyl (C=O) groups is 2. The first-order valence-corrected chi connectivity index (χ1v) is 15.0. The second kappa shape index (κ2) is 14.0. The molecular formula is C27H37Cl2N3O4S. The number of rotatable bonds is 13. The highest BCUT2D eigenvalue weighted by Crippen LogP contribution is 2.26. The van der Waals surface area contributed by atoms with Crippen LogP contribution in [0, 0.1) is 13.8 Å². The van der Waals surface area contributed by atoms with E-state index in [0.29, 0.717) is 27.8 Å². The predicted molar refractivity (Wildman–Crippen MR) is 152 cm³/mol. The zero-order chi connectivity index (χ0) is 27.8. The summed E-state index contributed by atoms with van der Waals surface area (Å²) in [5, 5.41) is 3.76. The standard InChI is InChI=1S/C27H37Cl2N3O4S/c1-6-7-15-30-27(34)21(4)31(18-22-13-14-23(28)17-24(22)29)26(33)12-9-16-32(37(5,35)36)25-11-8-10-19(2)20(25)3/h8,10-11,13-14,17,21H,6-7,9,12,15-16,18H2,1-5H3,(H,30,34)/t21-/m0/s1. The molecular weight excluding hydrogens is 533 g/mol. The summed E-state index contributed by atoms with van der Waals surface area (Å²) in [5.41, 5.74) is 3.12. The molecule has 2 rings (SSSR count). The largest absolute Gasteiger partial charge is 0.354 e. The molecule has 10 heteroatoms. The van der Waals surface area contributed by atoms with Crippen LogP contribution < -0.4 is 9.62 Å². The highest BCUT2D eigenvalue weighted by Gasteiger charge is 2.27. The van der Waals surface area contributed by atoms with Gasteiger partial charge in [0.1, 0.15) is 6.04 Å². The Labute approximate surface area is 231 Å². The Morgan fingerprint density at radius 2 is 1.78 bits per heavy atom. The molecule has 0 saturated heterocycles. The maximum atomic E-state index is 13.4. The van der Waals surface area contributed by atoms with Crippen LogP contribution in [0.3, 0.4) is 0 Å². The van der Waals surface area contributed by atoms with E-state index >= 15 is 0 Å². The van der Waals surface area contributed by atoms with Gasteiger partial charge in [-0.25, -0.2) is 8.42 Å². The normalized spacial score (nSPS) is 12.2. The minimum atomic E-state index is -3.56. The summed E-state index contributed by atoms with van der Waals surface area (Å²) >= 11 is 12.4. The number of hydrogen-bond acceptors (Lipinski definition) is 4. The Bertz CT molecular complexity index is 1200. The van der Waals surface area contributed by atoms with Crippen LogP contribution in [0.15, 0.2) is 36.4 Å². The molecule has 37 heavy (non-hydrogen) atoms. The first-order chi connectivity index (χ1) is 17.4. The number of amides is 2. The van der Waals surface area contributed by atoms with E-state index in [1.807, 2.05) is 32.9 Å². The number of nitrogens with zero attached hydrogens (tertiary/aromatic N) is 2. The summed E-state index contributed by atoms with van der Waals surface area (Å²) in [6.45, 7) is 8.32. The van der Waals surface area contributed by atoms with Crippen LogP contribution in [0.4, 0.5) is 5.69 Å². The molecule has 2 amide bonds. The van der Waals surface area contributed by atoms with Gasteiger partial charge >= 0.3 is 0 Å². The minimum absolute atomic E-state index is 0.0642. The monoisotopic (exact) mass is 569 g/mol. The maximum absolute atomic E-state index is 13.4. The highest BCUT2D eigenvalue weighted by molar-refractivity contribution is 7.92. The van der Waals surface area contributed by atoms with Gasteiger partial charge < -0.3 is 10.2 Å². The number of hydrogen-bond donors (Lipinski definition) is 1. The number of halogens is 2. The molecule has 0 radical (unpaired) electrons. The second-order valence-corrected chi connectivity index (χ2v) is 12.0. The van der Waals surface area contributed by atoms with Gasteiger partial charge in [-0.3, -0.25) is 13.9 Å². The third-order valence-electron chi connectivity index (χ3n) is 6.35. The van der Waals surface area contributed by atoms with Crippen LogP contribution in [0.1, 0.15) is 56.2 Å². The molecule has 0 unspecified atom stereocenters. The van der Waals surface area contributed by atoms with Crippen LogP contribution in [0.2, 0.25) is 10.0 Å². The Hall–Kier alpha value is -2.29. The van der Waals surface area contributed by atoms with Crippen LogP contribution in [0.5, 0.6) is 0 Å². The van der Waals surface area contributed by atoms with E-state index in [1.165, 1.54) is 9.21 Å². The van der Waals surface area contributed by atoms with E-state index in [0.717, 1.165) is 30.2 Å². The van der Waals surface area contributed by atoms with Gasteiger partial charge in [-0.1, -0.05) is 54.7 Å². The van der Waals surface area contributed by atoms with Crippen molar-refractivity contribution in [1.82, 2.24) is 10.2 Å². The van der Waals surface area contributed by atoms with E-state index in [2.05, 4.69) is 5.32 Å². The summed E-state index contributed by atoms with van der Waals surface area (Å²) in [4.78, 5) is 27.7. The SMILES string of the molecule is CCCCNC(=O)[C@H](C)N(Cc1ccc(Cl)cc1Cl)C(=O)CCCN(c1cccc(C)c1C)S(C)(=O)=O. The molecule has 2 aromatic rings. The van der Waals surface area contributed by atoms with Gasteiger partial charge in [0.15, 0.2) is 0 Å². The predicted octanol–water partition coefficient (Wildman–Crippen LogP) is 5.49. The van der Waals surface area contributed by atoms with Crippen molar-refractivity contribution in [2.75, 3.05) is 23.7 Å². The van der Waals surface area contributed by atoms with Crippen molar-refractivity contribution >= 4 is 50.7 Å². The zero-order valence-electron chi connectivity index (χ0n) is 22.2. The summed E-state index contributed by atoms with van der Waals surface area (Å²) in [6.07, 6.45) is 3.29. The third-order valence-corrected chi connectivity index (χ3v) is 8.12. The van der Waals surface area contributed by atoms with Crippen LogP contribution in [0.25, 0.3) is 0 Å². The molecule has 204 valence electrons. The topological polar surface area (TPSA) is 86.8 Å². The number of unbranched alkanes of at least 4 members (excludes halogenated alkanes) is 1.